The van der Waals surface area contributed by atoms with Crippen molar-refractivity contribution in [2.75, 3.05) is 6.61 Å². The van der Waals surface area contributed by atoms with Crippen LogP contribution in [0.15, 0.2) is 60.7 Å². The van der Waals surface area contributed by atoms with E-state index in [1.807, 2.05) is 36.4 Å². The molecule has 0 fully saturated rings. The molecule has 41 heavy (non-hydrogen) atoms. The van der Waals surface area contributed by atoms with Crippen molar-refractivity contribution in [3.05, 3.63) is 71.8 Å². The van der Waals surface area contributed by atoms with Crippen molar-refractivity contribution in [2.45, 2.75) is 124 Å². The number of ether oxygens (including phenoxy) is 2. The molecule has 0 radical (unpaired) electrons. The van der Waals surface area contributed by atoms with Crippen molar-refractivity contribution < 1.29 is 14.3 Å². The maximum atomic E-state index is 12.8. The highest BCUT2D eigenvalue weighted by atomic mass is 16.5. The minimum Gasteiger partial charge on any atom is -0.494 e. The average Bonchev–Trinajstić information content (AvgIpc) is 3.00. The second kappa shape index (κ2) is 19.3. The van der Waals surface area contributed by atoms with Gasteiger partial charge in [-0.05, 0) is 48.1 Å². The Morgan fingerprint density at radius 1 is 0.683 bits per heavy atom. The summed E-state index contributed by atoms with van der Waals surface area (Å²) in [5, 5.41) is 2.21. The van der Waals surface area contributed by atoms with Gasteiger partial charge in [-0.25, -0.2) is 0 Å². The Labute approximate surface area is 250 Å². The van der Waals surface area contributed by atoms with Crippen LogP contribution in [0.3, 0.4) is 0 Å². The highest BCUT2D eigenvalue weighted by Gasteiger charge is 2.15. The number of carbonyl (C=O) groups excluding carboxylic acids is 1. The van der Waals surface area contributed by atoms with E-state index < -0.39 is 0 Å². The van der Waals surface area contributed by atoms with E-state index in [4.69, 9.17) is 9.47 Å². The van der Waals surface area contributed by atoms with Gasteiger partial charge >= 0.3 is 0 Å². The Kier molecular flexibility index (Phi) is 15.4. The average molecular weight is 559 g/mol. The van der Waals surface area contributed by atoms with E-state index in [2.05, 4.69) is 45.0 Å². The minimum atomic E-state index is 0.0772. The van der Waals surface area contributed by atoms with E-state index in [1.165, 1.54) is 77.0 Å². The molecule has 0 spiro atoms. The van der Waals surface area contributed by atoms with Crippen molar-refractivity contribution >= 4 is 16.6 Å². The molecule has 0 aromatic heterocycles. The molecule has 1 atom stereocenters. The Morgan fingerprint density at radius 3 is 2.00 bits per heavy atom. The molecule has 0 amide bonds. The standard InChI is InChI=1S/C38H54O3/c1-4-6-8-10-11-12-13-14-15-17-28-40-35-26-27-36-34(29-35)20-18-21-37(36)41-30-32-22-24-33(25-23-32)38(39)31(3)19-16-9-7-5-2/h18,20-27,29,31H,4-17,19,28,30H2,1-3H3/t31-/m1/s1. The molecule has 0 heterocycles. The van der Waals surface area contributed by atoms with Crippen LogP contribution in [0.25, 0.3) is 10.8 Å². The van der Waals surface area contributed by atoms with Gasteiger partial charge in [-0.15, -0.1) is 0 Å². The molecule has 0 saturated carbocycles. The van der Waals surface area contributed by atoms with Crippen molar-refractivity contribution in [1.29, 1.82) is 0 Å². The number of unbranched alkanes of at least 4 members (excludes halogenated alkanes) is 12. The van der Waals surface area contributed by atoms with Gasteiger partial charge in [-0.2, -0.15) is 0 Å². The molecule has 0 saturated heterocycles. The highest BCUT2D eigenvalue weighted by Crippen LogP contribution is 2.30. The Bertz CT molecular complexity index is 1130. The van der Waals surface area contributed by atoms with Crippen molar-refractivity contribution in [3.63, 3.8) is 0 Å². The van der Waals surface area contributed by atoms with E-state index >= 15 is 0 Å². The number of carbonyl (C=O) groups is 1. The van der Waals surface area contributed by atoms with Crippen LogP contribution in [-0.4, -0.2) is 12.4 Å². The maximum absolute atomic E-state index is 12.8. The highest BCUT2D eigenvalue weighted by molar-refractivity contribution is 5.97. The van der Waals surface area contributed by atoms with E-state index in [9.17, 15) is 4.79 Å². The molecule has 0 aliphatic rings. The predicted molar refractivity (Wildman–Crippen MR) is 174 cm³/mol. The number of fused-ring (bicyclic) bond motifs is 1. The van der Waals surface area contributed by atoms with Crippen molar-refractivity contribution in [3.8, 4) is 11.5 Å². The quantitative estimate of drug-likeness (QED) is 0.0908. The first-order valence-electron chi connectivity index (χ1n) is 16.5. The lowest BCUT2D eigenvalue weighted by Crippen LogP contribution is -2.11. The van der Waals surface area contributed by atoms with Crippen LogP contribution in [-0.2, 0) is 6.61 Å². The predicted octanol–water partition coefficient (Wildman–Crippen LogP) is 11.5. The molecule has 0 bridgehead atoms. The zero-order chi connectivity index (χ0) is 29.1. The van der Waals surface area contributed by atoms with Crippen molar-refractivity contribution in [1.82, 2.24) is 0 Å². The first-order valence-corrected chi connectivity index (χ1v) is 16.5. The maximum Gasteiger partial charge on any atom is 0.165 e. The van der Waals surface area contributed by atoms with Crippen LogP contribution in [0.4, 0.5) is 0 Å². The first-order chi connectivity index (χ1) is 20.1. The van der Waals surface area contributed by atoms with Gasteiger partial charge in [0.25, 0.3) is 0 Å². The van der Waals surface area contributed by atoms with Gasteiger partial charge in [-0.3, -0.25) is 4.79 Å². The topological polar surface area (TPSA) is 35.5 Å². The lowest BCUT2D eigenvalue weighted by molar-refractivity contribution is 0.0922. The van der Waals surface area contributed by atoms with Crippen LogP contribution in [0.5, 0.6) is 11.5 Å². The number of Topliss-reactive ketones (excluding diaryl/α,β-unsaturated/α-hetero) is 1. The Morgan fingerprint density at radius 2 is 1.32 bits per heavy atom. The zero-order valence-corrected chi connectivity index (χ0v) is 26.1. The SMILES string of the molecule is CCCCCCCCCCCCOc1ccc2c(OCc3ccc(C(=O)[C@H](C)CCCCCC)cc3)cccc2c1. The third kappa shape index (κ3) is 11.9. The summed E-state index contributed by atoms with van der Waals surface area (Å²) in [6.45, 7) is 7.79. The molecular weight excluding hydrogens is 504 g/mol. The van der Waals surface area contributed by atoms with Gasteiger partial charge in [0, 0.05) is 16.9 Å². The normalized spacial score (nSPS) is 12.0. The lowest BCUT2D eigenvalue weighted by Gasteiger charge is -2.13. The van der Waals surface area contributed by atoms with E-state index in [0.29, 0.717) is 6.61 Å². The lowest BCUT2D eigenvalue weighted by atomic mass is 9.93. The molecule has 3 aromatic carbocycles. The Balaban J connectivity index is 1.41. The molecule has 0 aliphatic carbocycles. The third-order valence-corrected chi connectivity index (χ3v) is 8.15. The van der Waals surface area contributed by atoms with E-state index in [1.54, 1.807) is 0 Å². The summed E-state index contributed by atoms with van der Waals surface area (Å²) in [6.07, 6.45) is 19.1. The smallest absolute Gasteiger partial charge is 0.165 e. The number of benzene rings is 3. The molecule has 3 heteroatoms. The number of rotatable bonds is 22. The van der Waals surface area contributed by atoms with Gasteiger partial charge in [0.2, 0.25) is 0 Å². The molecular formula is C38H54O3. The van der Waals surface area contributed by atoms with Gasteiger partial charge in [0.1, 0.15) is 18.1 Å². The van der Waals surface area contributed by atoms with Crippen molar-refractivity contribution in [2.24, 2.45) is 5.92 Å². The summed E-state index contributed by atoms with van der Waals surface area (Å²) in [7, 11) is 0. The molecule has 224 valence electrons. The van der Waals surface area contributed by atoms with Gasteiger partial charge in [0.15, 0.2) is 5.78 Å². The van der Waals surface area contributed by atoms with Crippen LogP contribution in [0, 0.1) is 5.92 Å². The molecule has 0 N–H and O–H groups in total. The zero-order valence-electron chi connectivity index (χ0n) is 26.1. The summed E-state index contributed by atoms with van der Waals surface area (Å²) in [4.78, 5) is 12.8. The van der Waals surface area contributed by atoms with Gasteiger partial charge in [0.05, 0.1) is 6.61 Å². The van der Waals surface area contributed by atoms with Gasteiger partial charge in [-0.1, -0.05) is 141 Å². The monoisotopic (exact) mass is 558 g/mol. The Hall–Kier alpha value is -2.81. The second-order valence-corrected chi connectivity index (χ2v) is 11.8. The largest absolute Gasteiger partial charge is 0.494 e. The summed E-state index contributed by atoms with van der Waals surface area (Å²) in [5.74, 6) is 2.11. The number of hydrogen-bond acceptors (Lipinski definition) is 3. The summed E-state index contributed by atoms with van der Waals surface area (Å²) < 4.78 is 12.3. The fourth-order valence-corrected chi connectivity index (χ4v) is 5.45. The van der Waals surface area contributed by atoms with Crippen LogP contribution < -0.4 is 9.47 Å². The third-order valence-electron chi connectivity index (χ3n) is 8.15. The van der Waals surface area contributed by atoms with Crippen LogP contribution in [0.2, 0.25) is 0 Å². The number of hydrogen-bond donors (Lipinski definition) is 0. The second-order valence-electron chi connectivity index (χ2n) is 11.8. The molecule has 3 aromatic rings. The summed E-state index contributed by atoms with van der Waals surface area (Å²) >= 11 is 0. The fourth-order valence-electron chi connectivity index (χ4n) is 5.45. The first kappa shape index (κ1) is 32.7. The van der Waals surface area contributed by atoms with E-state index in [0.717, 1.165) is 59.3 Å². The van der Waals surface area contributed by atoms with Crippen LogP contribution >= 0.6 is 0 Å². The summed E-state index contributed by atoms with van der Waals surface area (Å²) in [5.41, 5.74) is 1.86. The molecule has 3 rings (SSSR count). The van der Waals surface area contributed by atoms with Crippen LogP contribution in [0.1, 0.15) is 133 Å². The van der Waals surface area contributed by atoms with E-state index in [-0.39, 0.29) is 11.7 Å². The minimum absolute atomic E-state index is 0.0772. The number of ketones is 1. The molecule has 0 unspecified atom stereocenters. The fraction of sp³-hybridized carbons (Fsp3) is 0.553. The molecule has 0 aliphatic heterocycles. The summed E-state index contributed by atoms with van der Waals surface area (Å²) in [6, 6.07) is 20.4. The van der Waals surface area contributed by atoms with Gasteiger partial charge < -0.3 is 9.47 Å². The molecule has 3 nitrogen and oxygen atoms in total.